The molecule has 1 atom stereocenters. The minimum atomic E-state index is -0.693. The molecule has 1 aromatic heterocycles. The number of pyridine rings is 1. The number of nitrogens with one attached hydrogen (secondary N) is 1. The minimum Gasteiger partial charge on any atom is -0.493 e. The van der Waals surface area contributed by atoms with Gasteiger partial charge in [0.05, 0.1) is 38.0 Å². The number of aromatic nitrogens is 1. The number of benzene rings is 1. The molecule has 4 rings (SSSR count). The van der Waals surface area contributed by atoms with E-state index in [1.54, 1.807) is 39.6 Å². The van der Waals surface area contributed by atoms with Gasteiger partial charge in [0.25, 0.3) is 0 Å². The Bertz CT molecular complexity index is 1310. The number of carbonyl (C=O) groups excluding carboxylic acids is 2. The number of ether oxygens (including phenoxy) is 3. The molecule has 1 aromatic carbocycles. The van der Waals surface area contributed by atoms with Crippen molar-refractivity contribution in [1.82, 2.24) is 15.2 Å². The Balaban J connectivity index is 1.68. The third-order valence-corrected chi connectivity index (χ3v) is 6.79. The molecular weight excluding hydrogens is 504 g/mol. The summed E-state index contributed by atoms with van der Waals surface area (Å²) in [7, 11) is 3.13. The maximum Gasteiger partial charge on any atom is 0.338 e. The average Bonchev–Trinajstić information content (AvgIpc) is 3.27. The van der Waals surface area contributed by atoms with E-state index in [4.69, 9.17) is 19.2 Å². The minimum absolute atomic E-state index is 0.108. The van der Waals surface area contributed by atoms with E-state index in [2.05, 4.69) is 10.3 Å². The molecule has 0 spiro atoms. The SMILES string of the molecule is COc1ccc([C@@H]2C(C(=O)OC(C)(C)C)=C(C)N=C3SC=C(CC(=O)NCc4cccnc4)N32)cc1OC. The highest BCUT2D eigenvalue weighted by molar-refractivity contribution is 8.16. The number of rotatable bonds is 8. The van der Waals surface area contributed by atoms with Crippen LogP contribution in [0, 0.1) is 0 Å². The van der Waals surface area contributed by atoms with Gasteiger partial charge in [-0.1, -0.05) is 23.9 Å². The van der Waals surface area contributed by atoms with E-state index in [0.717, 1.165) is 16.8 Å². The van der Waals surface area contributed by atoms with Crippen molar-refractivity contribution in [2.24, 2.45) is 4.99 Å². The van der Waals surface area contributed by atoms with E-state index in [1.165, 1.54) is 11.8 Å². The molecule has 0 radical (unpaired) electrons. The van der Waals surface area contributed by atoms with Gasteiger partial charge in [-0.05, 0) is 62.4 Å². The summed E-state index contributed by atoms with van der Waals surface area (Å²) in [5.41, 5.74) is 2.68. The predicted octanol–water partition coefficient (Wildman–Crippen LogP) is 4.72. The Labute approximate surface area is 227 Å². The van der Waals surface area contributed by atoms with Crippen molar-refractivity contribution in [2.45, 2.75) is 52.3 Å². The zero-order chi connectivity index (χ0) is 27.4. The Kier molecular flexibility index (Phi) is 8.11. The molecule has 0 saturated heterocycles. The summed E-state index contributed by atoms with van der Waals surface area (Å²) < 4.78 is 16.8. The van der Waals surface area contributed by atoms with Crippen LogP contribution in [0.25, 0.3) is 0 Å². The number of allylic oxidation sites excluding steroid dienone is 1. The maximum absolute atomic E-state index is 13.5. The number of methoxy groups -OCH3 is 2. The number of amides is 1. The summed E-state index contributed by atoms with van der Waals surface area (Å²) in [6.45, 7) is 7.65. The normalized spacial score (nSPS) is 16.9. The molecule has 38 heavy (non-hydrogen) atoms. The number of amidine groups is 1. The largest absolute Gasteiger partial charge is 0.493 e. The van der Waals surface area contributed by atoms with E-state index < -0.39 is 17.6 Å². The standard InChI is InChI=1S/C28H32N4O5S/c1-17-24(26(34)37-28(2,3)4)25(19-9-10-21(35-5)22(12-19)36-6)32-20(16-38-27(32)31-17)13-23(33)30-15-18-8-7-11-29-14-18/h7-12,14,16,25H,13,15H2,1-6H3,(H,30,33)/t25-/m1/s1. The van der Waals surface area contributed by atoms with Gasteiger partial charge < -0.3 is 24.4 Å². The molecule has 0 bridgehead atoms. The van der Waals surface area contributed by atoms with Crippen LogP contribution in [0.4, 0.5) is 0 Å². The number of hydrogen-bond acceptors (Lipinski definition) is 9. The monoisotopic (exact) mass is 536 g/mol. The Morgan fingerprint density at radius 2 is 1.89 bits per heavy atom. The molecule has 2 aliphatic heterocycles. The molecule has 9 nitrogen and oxygen atoms in total. The van der Waals surface area contributed by atoms with Gasteiger partial charge in [0.2, 0.25) is 5.91 Å². The molecule has 2 aliphatic rings. The third-order valence-electron chi connectivity index (χ3n) is 5.90. The van der Waals surface area contributed by atoms with Crippen molar-refractivity contribution in [1.29, 1.82) is 0 Å². The average molecular weight is 537 g/mol. The highest BCUT2D eigenvalue weighted by Crippen LogP contribution is 2.46. The summed E-state index contributed by atoms with van der Waals surface area (Å²) in [5.74, 6) is 0.483. The van der Waals surface area contributed by atoms with Crippen LogP contribution >= 0.6 is 11.8 Å². The second-order valence-corrected chi connectivity index (χ2v) is 10.7. The molecule has 200 valence electrons. The first-order valence-electron chi connectivity index (χ1n) is 12.2. The first-order valence-corrected chi connectivity index (χ1v) is 13.0. The molecule has 0 fully saturated rings. The van der Waals surface area contributed by atoms with Crippen LogP contribution in [0.5, 0.6) is 11.5 Å². The second kappa shape index (κ2) is 11.3. The van der Waals surface area contributed by atoms with E-state index >= 15 is 0 Å². The third kappa shape index (κ3) is 6.02. The van der Waals surface area contributed by atoms with E-state index in [1.807, 2.05) is 55.3 Å². The molecule has 0 saturated carbocycles. The number of thioether (sulfide) groups is 1. The molecule has 10 heteroatoms. The van der Waals surface area contributed by atoms with Crippen molar-refractivity contribution in [3.8, 4) is 11.5 Å². The fraction of sp³-hybridized carbons (Fsp3) is 0.357. The van der Waals surface area contributed by atoms with Gasteiger partial charge in [0.1, 0.15) is 5.60 Å². The topological polar surface area (TPSA) is 102 Å². The summed E-state index contributed by atoms with van der Waals surface area (Å²) >= 11 is 1.42. The second-order valence-electron chi connectivity index (χ2n) is 9.82. The van der Waals surface area contributed by atoms with Gasteiger partial charge in [0, 0.05) is 24.6 Å². The van der Waals surface area contributed by atoms with Crippen LogP contribution < -0.4 is 14.8 Å². The molecule has 1 N–H and O–H groups in total. The van der Waals surface area contributed by atoms with E-state index in [-0.39, 0.29) is 12.3 Å². The summed E-state index contributed by atoms with van der Waals surface area (Å²) in [6.07, 6.45) is 3.51. The van der Waals surface area contributed by atoms with Crippen LogP contribution in [-0.2, 0) is 20.9 Å². The van der Waals surface area contributed by atoms with Crippen LogP contribution in [0.15, 0.2) is 70.1 Å². The van der Waals surface area contributed by atoms with Gasteiger partial charge in [-0.3, -0.25) is 9.78 Å². The van der Waals surface area contributed by atoms with Crippen LogP contribution in [0.1, 0.15) is 51.3 Å². The van der Waals surface area contributed by atoms with Crippen LogP contribution in [0.3, 0.4) is 0 Å². The molecular formula is C28H32N4O5S. The van der Waals surface area contributed by atoms with Crippen LogP contribution in [-0.4, -0.2) is 46.7 Å². The highest BCUT2D eigenvalue weighted by atomic mass is 32.2. The number of hydrogen-bond donors (Lipinski definition) is 1. The Morgan fingerprint density at radius 1 is 1.13 bits per heavy atom. The summed E-state index contributed by atoms with van der Waals surface area (Å²) in [5, 5.41) is 5.54. The molecule has 3 heterocycles. The zero-order valence-corrected chi connectivity index (χ0v) is 23.2. The molecule has 0 aliphatic carbocycles. The fourth-order valence-corrected chi connectivity index (χ4v) is 5.20. The van der Waals surface area contributed by atoms with Crippen LogP contribution in [0.2, 0.25) is 0 Å². The first kappa shape index (κ1) is 27.3. The van der Waals surface area contributed by atoms with Crippen molar-refractivity contribution in [3.63, 3.8) is 0 Å². The van der Waals surface area contributed by atoms with Crippen molar-refractivity contribution in [2.75, 3.05) is 14.2 Å². The van der Waals surface area contributed by atoms with E-state index in [0.29, 0.717) is 34.5 Å². The molecule has 0 unspecified atom stereocenters. The number of carbonyl (C=O) groups is 2. The van der Waals surface area contributed by atoms with Gasteiger partial charge in [-0.2, -0.15) is 0 Å². The molecule has 1 amide bonds. The molecule has 2 aromatic rings. The maximum atomic E-state index is 13.5. The summed E-state index contributed by atoms with van der Waals surface area (Å²) in [4.78, 5) is 37.2. The Hall–Kier alpha value is -3.79. The summed E-state index contributed by atoms with van der Waals surface area (Å²) in [6, 6.07) is 8.68. The number of fused-ring (bicyclic) bond motifs is 1. The lowest BCUT2D eigenvalue weighted by Gasteiger charge is -2.37. The fourth-order valence-electron chi connectivity index (χ4n) is 4.23. The predicted molar refractivity (Wildman–Crippen MR) is 146 cm³/mol. The highest BCUT2D eigenvalue weighted by Gasteiger charge is 2.42. The lowest BCUT2D eigenvalue weighted by Crippen LogP contribution is -2.39. The van der Waals surface area contributed by atoms with Gasteiger partial charge in [0.15, 0.2) is 16.7 Å². The van der Waals surface area contributed by atoms with Gasteiger partial charge in [-0.15, -0.1) is 0 Å². The lowest BCUT2D eigenvalue weighted by atomic mass is 9.93. The lowest BCUT2D eigenvalue weighted by molar-refractivity contribution is -0.150. The van der Waals surface area contributed by atoms with Gasteiger partial charge in [-0.25, -0.2) is 9.79 Å². The zero-order valence-electron chi connectivity index (χ0n) is 22.4. The quantitative estimate of drug-likeness (QED) is 0.484. The van der Waals surface area contributed by atoms with E-state index in [9.17, 15) is 9.59 Å². The van der Waals surface area contributed by atoms with Crippen molar-refractivity contribution >= 4 is 28.8 Å². The first-order chi connectivity index (χ1) is 18.1. The Morgan fingerprint density at radius 3 is 2.55 bits per heavy atom. The smallest absolute Gasteiger partial charge is 0.338 e. The van der Waals surface area contributed by atoms with Crippen molar-refractivity contribution < 1.29 is 23.8 Å². The number of nitrogens with zero attached hydrogens (tertiary/aromatic N) is 3. The van der Waals surface area contributed by atoms with Crippen molar-refractivity contribution in [3.05, 3.63) is 76.2 Å². The number of aliphatic imine (C=N–C) groups is 1. The van der Waals surface area contributed by atoms with Gasteiger partial charge >= 0.3 is 5.97 Å². The number of esters is 1.